The number of carbonyl (C=O) groups excluding carboxylic acids is 3. The van der Waals surface area contributed by atoms with Crippen molar-refractivity contribution in [3.05, 3.63) is 34.9 Å². The standard InChI is InChI=1S/C26H38ClN3O4/c1-17(31)28-21-11-6-18(14-21)23(33)29-25(4,5)15-22(32)30-13-12-26(34,24(2,3)16-30)19-7-9-20(27)10-8-19/h7-10,18,21,34H,6,11-16H2,1-5H3,(H,28,31)(H,29,33)/t18-,21-,26?/m1/s1. The van der Waals surface area contributed by atoms with Crippen molar-refractivity contribution in [2.75, 3.05) is 13.1 Å². The van der Waals surface area contributed by atoms with Crippen molar-refractivity contribution in [2.24, 2.45) is 11.3 Å². The van der Waals surface area contributed by atoms with Crippen molar-refractivity contribution in [3.8, 4) is 0 Å². The topological polar surface area (TPSA) is 98.7 Å². The van der Waals surface area contributed by atoms with E-state index >= 15 is 0 Å². The summed E-state index contributed by atoms with van der Waals surface area (Å²) in [5.41, 5.74) is -1.53. The van der Waals surface area contributed by atoms with Gasteiger partial charge in [-0.2, -0.15) is 0 Å². The highest BCUT2D eigenvalue weighted by Crippen LogP contribution is 2.46. The molecule has 34 heavy (non-hydrogen) atoms. The van der Waals surface area contributed by atoms with Gasteiger partial charge >= 0.3 is 0 Å². The highest BCUT2D eigenvalue weighted by Gasteiger charge is 2.50. The number of aliphatic hydroxyl groups is 1. The van der Waals surface area contributed by atoms with Crippen molar-refractivity contribution in [1.82, 2.24) is 15.5 Å². The third kappa shape index (κ3) is 5.92. The monoisotopic (exact) mass is 491 g/mol. The highest BCUT2D eigenvalue weighted by molar-refractivity contribution is 6.30. The van der Waals surface area contributed by atoms with Gasteiger partial charge in [0.2, 0.25) is 17.7 Å². The van der Waals surface area contributed by atoms with Gasteiger partial charge in [-0.1, -0.05) is 37.6 Å². The van der Waals surface area contributed by atoms with E-state index in [1.807, 2.05) is 39.8 Å². The van der Waals surface area contributed by atoms with E-state index in [1.54, 1.807) is 17.0 Å². The Labute approximate surface area is 207 Å². The van der Waals surface area contributed by atoms with Crippen molar-refractivity contribution < 1.29 is 19.5 Å². The molecule has 0 spiro atoms. The van der Waals surface area contributed by atoms with Crippen LogP contribution in [0, 0.1) is 11.3 Å². The summed E-state index contributed by atoms with van der Waals surface area (Å²) in [6.45, 7) is 10.0. The molecule has 188 valence electrons. The summed E-state index contributed by atoms with van der Waals surface area (Å²) in [5, 5.41) is 18.1. The molecule has 1 aromatic rings. The fraction of sp³-hybridized carbons (Fsp3) is 0.654. The largest absolute Gasteiger partial charge is 0.384 e. The van der Waals surface area contributed by atoms with E-state index in [0.717, 1.165) is 18.4 Å². The SMILES string of the molecule is CC(=O)N[C@@H]1CC[C@@H](C(=O)NC(C)(C)CC(=O)N2CCC(O)(c3ccc(Cl)cc3)C(C)(C)C2)C1. The van der Waals surface area contributed by atoms with Gasteiger partial charge in [0.1, 0.15) is 0 Å². The van der Waals surface area contributed by atoms with Crippen LogP contribution in [0.5, 0.6) is 0 Å². The van der Waals surface area contributed by atoms with E-state index in [-0.39, 0.29) is 36.1 Å². The zero-order valence-corrected chi connectivity index (χ0v) is 21.7. The summed E-state index contributed by atoms with van der Waals surface area (Å²) in [4.78, 5) is 39.1. The number of rotatable bonds is 6. The number of hydrogen-bond acceptors (Lipinski definition) is 4. The zero-order valence-electron chi connectivity index (χ0n) is 20.9. The Morgan fingerprint density at radius 3 is 2.41 bits per heavy atom. The number of benzene rings is 1. The zero-order chi connectivity index (χ0) is 25.3. The molecule has 1 aromatic carbocycles. The van der Waals surface area contributed by atoms with Crippen molar-refractivity contribution >= 4 is 29.3 Å². The third-order valence-electron chi connectivity index (χ3n) is 7.39. The van der Waals surface area contributed by atoms with E-state index in [4.69, 9.17) is 11.6 Å². The first kappa shape index (κ1) is 26.5. The van der Waals surface area contributed by atoms with E-state index in [9.17, 15) is 19.5 Å². The predicted octanol–water partition coefficient (Wildman–Crippen LogP) is 3.38. The normalized spacial score (nSPS) is 26.7. The number of nitrogens with one attached hydrogen (secondary N) is 2. The Hall–Kier alpha value is -2.12. The van der Waals surface area contributed by atoms with Crippen LogP contribution < -0.4 is 10.6 Å². The highest BCUT2D eigenvalue weighted by atomic mass is 35.5. The minimum Gasteiger partial charge on any atom is -0.384 e. The van der Waals surface area contributed by atoms with Crippen molar-refractivity contribution in [3.63, 3.8) is 0 Å². The van der Waals surface area contributed by atoms with Gasteiger partial charge in [0.15, 0.2) is 0 Å². The second-order valence-electron chi connectivity index (χ2n) is 11.3. The maximum absolute atomic E-state index is 13.2. The Bertz CT molecular complexity index is 930. The Kier molecular flexibility index (Phi) is 7.68. The van der Waals surface area contributed by atoms with Gasteiger partial charge < -0.3 is 20.6 Å². The first-order chi connectivity index (χ1) is 15.7. The molecule has 0 radical (unpaired) electrons. The fourth-order valence-electron chi connectivity index (χ4n) is 5.40. The van der Waals surface area contributed by atoms with Crippen LogP contribution in [-0.4, -0.2) is 52.4 Å². The molecule has 1 saturated carbocycles. The molecule has 3 rings (SSSR count). The van der Waals surface area contributed by atoms with E-state index in [1.165, 1.54) is 6.92 Å². The molecule has 2 fully saturated rings. The number of piperidine rings is 1. The summed E-state index contributed by atoms with van der Waals surface area (Å²) >= 11 is 6.02. The lowest BCUT2D eigenvalue weighted by Crippen LogP contribution is -2.58. The minimum absolute atomic E-state index is 0.0352. The van der Waals surface area contributed by atoms with E-state index in [0.29, 0.717) is 31.0 Å². The summed E-state index contributed by atoms with van der Waals surface area (Å²) in [6, 6.07) is 7.28. The van der Waals surface area contributed by atoms with Crippen LogP contribution >= 0.6 is 11.6 Å². The van der Waals surface area contributed by atoms with Crippen LogP contribution in [-0.2, 0) is 20.0 Å². The molecule has 1 heterocycles. The van der Waals surface area contributed by atoms with Gasteiger partial charge in [0.25, 0.3) is 0 Å². The van der Waals surface area contributed by atoms with Gasteiger partial charge in [-0.3, -0.25) is 14.4 Å². The first-order valence-electron chi connectivity index (χ1n) is 12.1. The Morgan fingerprint density at radius 1 is 1.18 bits per heavy atom. The molecule has 8 heteroatoms. The number of likely N-dealkylation sites (tertiary alicyclic amines) is 1. The van der Waals surface area contributed by atoms with Crippen LogP contribution in [0.4, 0.5) is 0 Å². The molecule has 1 unspecified atom stereocenters. The Balaban J connectivity index is 1.58. The number of amides is 3. The van der Waals surface area contributed by atoms with Crippen LogP contribution in [0.1, 0.15) is 72.3 Å². The number of halogens is 1. The van der Waals surface area contributed by atoms with Crippen molar-refractivity contribution in [1.29, 1.82) is 0 Å². The second-order valence-corrected chi connectivity index (χ2v) is 11.7. The molecule has 0 bridgehead atoms. The maximum atomic E-state index is 13.2. The fourth-order valence-corrected chi connectivity index (χ4v) is 5.53. The molecule has 1 saturated heterocycles. The van der Waals surface area contributed by atoms with Crippen LogP contribution in [0.25, 0.3) is 0 Å². The quantitative estimate of drug-likeness (QED) is 0.568. The van der Waals surface area contributed by atoms with Crippen LogP contribution in [0.2, 0.25) is 5.02 Å². The molecule has 3 N–H and O–H groups in total. The molecule has 1 aliphatic carbocycles. The molecule has 3 amide bonds. The summed E-state index contributed by atoms with van der Waals surface area (Å²) < 4.78 is 0. The van der Waals surface area contributed by atoms with Gasteiger partial charge in [0.05, 0.1) is 5.60 Å². The smallest absolute Gasteiger partial charge is 0.224 e. The van der Waals surface area contributed by atoms with Gasteiger partial charge in [-0.15, -0.1) is 0 Å². The van der Waals surface area contributed by atoms with Gasteiger partial charge in [-0.25, -0.2) is 0 Å². The lowest BCUT2D eigenvalue weighted by atomic mass is 9.66. The molecule has 1 aliphatic heterocycles. The average molecular weight is 492 g/mol. The number of hydrogen-bond donors (Lipinski definition) is 3. The van der Waals surface area contributed by atoms with E-state index in [2.05, 4.69) is 10.6 Å². The van der Waals surface area contributed by atoms with E-state index < -0.39 is 16.6 Å². The second kappa shape index (κ2) is 9.86. The molecule has 3 atom stereocenters. The molecule has 0 aromatic heterocycles. The average Bonchev–Trinajstić information content (AvgIpc) is 3.17. The summed E-state index contributed by atoms with van der Waals surface area (Å²) in [7, 11) is 0. The Morgan fingerprint density at radius 2 is 1.82 bits per heavy atom. The van der Waals surface area contributed by atoms with Gasteiger partial charge in [0, 0.05) is 54.4 Å². The minimum atomic E-state index is -1.06. The lowest BCUT2D eigenvalue weighted by molar-refractivity contribution is -0.154. The van der Waals surface area contributed by atoms with Crippen LogP contribution in [0.3, 0.4) is 0 Å². The number of nitrogens with zero attached hydrogens (tertiary/aromatic N) is 1. The van der Waals surface area contributed by atoms with Gasteiger partial charge in [-0.05, 0) is 57.2 Å². The number of carbonyl (C=O) groups is 3. The third-order valence-corrected chi connectivity index (χ3v) is 7.64. The first-order valence-corrected chi connectivity index (χ1v) is 12.5. The molecular weight excluding hydrogens is 454 g/mol. The summed E-state index contributed by atoms with van der Waals surface area (Å²) in [5.74, 6) is -0.347. The summed E-state index contributed by atoms with van der Waals surface area (Å²) in [6.07, 6.45) is 2.74. The molecule has 2 aliphatic rings. The molecular formula is C26H38ClN3O4. The lowest BCUT2D eigenvalue weighted by Gasteiger charge is -2.51. The predicted molar refractivity (Wildman–Crippen MR) is 132 cm³/mol. The molecule has 7 nitrogen and oxygen atoms in total. The maximum Gasteiger partial charge on any atom is 0.224 e. The van der Waals surface area contributed by atoms with Crippen LogP contribution in [0.15, 0.2) is 24.3 Å². The van der Waals surface area contributed by atoms with Crippen molar-refractivity contribution in [2.45, 2.75) is 83.9 Å².